The van der Waals surface area contributed by atoms with Gasteiger partial charge in [0.1, 0.15) is 0 Å². The van der Waals surface area contributed by atoms with Crippen LogP contribution in [-0.4, -0.2) is 31.4 Å². The zero-order valence-electron chi connectivity index (χ0n) is 15.5. The summed E-state index contributed by atoms with van der Waals surface area (Å²) in [4.78, 5) is 12.4. The summed E-state index contributed by atoms with van der Waals surface area (Å²) in [6.07, 6.45) is 2.08. The van der Waals surface area contributed by atoms with Crippen molar-refractivity contribution in [1.29, 1.82) is 0 Å². The number of rotatable bonds is 8. The Balaban J connectivity index is 2.02. The fraction of sp³-hybridized carbons (Fsp3) is 0.350. The fourth-order valence-corrected chi connectivity index (χ4v) is 3.39. The van der Waals surface area contributed by atoms with Crippen LogP contribution in [-0.2, 0) is 27.8 Å². The number of benzene rings is 2. The summed E-state index contributed by atoms with van der Waals surface area (Å²) in [5.41, 5.74) is 3.07. The molecule has 140 valence electrons. The quantitative estimate of drug-likeness (QED) is 0.773. The fourth-order valence-electron chi connectivity index (χ4n) is 2.65. The second-order valence-electron chi connectivity index (χ2n) is 6.40. The minimum absolute atomic E-state index is 0.173. The highest BCUT2D eigenvalue weighted by Crippen LogP contribution is 2.14. The van der Waals surface area contributed by atoms with E-state index in [-0.39, 0.29) is 25.0 Å². The first-order valence-electron chi connectivity index (χ1n) is 8.67. The van der Waals surface area contributed by atoms with Crippen molar-refractivity contribution in [3.05, 3.63) is 71.3 Å². The van der Waals surface area contributed by atoms with E-state index in [1.54, 1.807) is 0 Å². The zero-order valence-corrected chi connectivity index (χ0v) is 16.3. The summed E-state index contributed by atoms with van der Waals surface area (Å²) in [7, 11) is -3.50. The van der Waals surface area contributed by atoms with E-state index in [2.05, 4.69) is 12.2 Å². The maximum atomic E-state index is 12.4. The first-order valence-corrected chi connectivity index (χ1v) is 10.5. The van der Waals surface area contributed by atoms with Gasteiger partial charge < -0.3 is 5.32 Å². The van der Waals surface area contributed by atoms with Crippen molar-refractivity contribution in [3.63, 3.8) is 0 Å². The number of carbonyl (C=O) groups excluding carboxylic acids is 1. The van der Waals surface area contributed by atoms with Crippen LogP contribution >= 0.6 is 0 Å². The standard InChI is InChI=1S/C20H26N2O3S/c1-4-17-10-12-19(13-11-17)16(2)21-20(23)15-22(26(3,24)25)14-18-8-6-5-7-9-18/h5-13,16H,4,14-15H2,1-3H3,(H,21,23)/t16-/m0/s1. The Labute approximate surface area is 156 Å². The van der Waals surface area contributed by atoms with E-state index < -0.39 is 10.0 Å². The van der Waals surface area contributed by atoms with Crippen LogP contribution in [0.15, 0.2) is 54.6 Å². The summed E-state index contributed by atoms with van der Waals surface area (Å²) in [6.45, 7) is 3.95. The van der Waals surface area contributed by atoms with Gasteiger partial charge in [0, 0.05) is 6.54 Å². The number of sulfonamides is 1. The number of amides is 1. The molecule has 5 nitrogen and oxygen atoms in total. The topological polar surface area (TPSA) is 66.5 Å². The van der Waals surface area contributed by atoms with Crippen molar-refractivity contribution in [2.75, 3.05) is 12.8 Å². The molecule has 0 bridgehead atoms. The number of nitrogens with zero attached hydrogens (tertiary/aromatic N) is 1. The average molecular weight is 375 g/mol. The van der Waals surface area contributed by atoms with Gasteiger partial charge in [0.15, 0.2) is 0 Å². The highest BCUT2D eigenvalue weighted by molar-refractivity contribution is 7.88. The number of carbonyl (C=O) groups is 1. The molecule has 0 saturated heterocycles. The number of nitrogens with one attached hydrogen (secondary N) is 1. The van der Waals surface area contributed by atoms with Crippen molar-refractivity contribution >= 4 is 15.9 Å². The van der Waals surface area contributed by atoms with Gasteiger partial charge in [-0.05, 0) is 30.0 Å². The molecule has 1 atom stereocenters. The predicted molar refractivity (Wildman–Crippen MR) is 104 cm³/mol. The third-order valence-electron chi connectivity index (χ3n) is 4.26. The summed E-state index contributed by atoms with van der Waals surface area (Å²) >= 11 is 0. The van der Waals surface area contributed by atoms with Crippen LogP contribution in [0.2, 0.25) is 0 Å². The Morgan fingerprint density at radius 2 is 1.65 bits per heavy atom. The van der Waals surface area contributed by atoms with Gasteiger partial charge in [-0.2, -0.15) is 4.31 Å². The van der Waals surface area contributed by atoms with E-state index in [9.17, 15) is 13.2 Å². The average Bonchev–Trinajstić information content (AvgIpc) is 2.61. The molecule has 0 aliphatic carbocycles. The van der Waals surface area contributed by atoms with Crippen LogP contribution in [0, 0.1) is 0 Å². The van der Waals surface area contributed by atoms with E-state index in [0.717, 1.165) is 23.8 Å². The van der Waals surface area contributed by atoms with E-state index >= 15 is 0 Å². The second-order valence-corrected chi connectivity index (χ2v) is 8.38. The van der Waals surface area contributed by atoms with E-state index in [4.69, 9.17) is 0 Å². The number of hydrogen-bond donors (Lipinski definition) is 1. The Morgan fingerprint density at radius 1 is 1.04 bits per heavy atom. The Bertz CT molecular complexity index is 818. The molecule has 0 heterocycles. The van der Waals surface area contributed by atoms with Gasteiger partial charge in [0.05, 0.1) is 18.8 Å². The van der Waals surface area contributed by atoms with Crippen LogP contribution < -0.4 is 5.32 Å². The van der Waals surface area contributed by atoms with Crippen LogP contribution in [0.25, 0.3) is 0 Å². The van der Waals surface area contributed by atoms with Crippen molar-refractivity contribution < 1.29 is 13.2 Å². The minimum Gasteiger partial charge on any atom is -0.348 e. The second kappa shape index (κ2) is 8.96. The Morgan fingerprint density at radius 3 is 2.19 bits per heavy atom. The molecule has 2 aromatic rings. The third-order valence-corrected chi connectivity index (χ3v) is 5.45. The van der Waals surface area contributed by atoms with Crippen LogP contribution in [0.1, 0.15) is 36.6 Å². The monoisotopic (exact) mass is 374 g/mol. The van der Waals surface area contributed by atoms with E-state index in [1.165, 1.54) is 9.87 Å². The molecular weight excluding hydrogens is 348 g/mol. The normalized spacial score (nSPS) is 12.8. The smallest absolute Gasteiger partial charge is 0.235 e. The maximum Gasteiger partial charge on any atom is 0.235 e. The molecule has 0 fully saturated rings. The van der Waals surface area contributed by atoms with Gasteiger partial charge in [-0.1, -0.05) is 61.5 Å². The Kier molecular flexibility index (Phi) is 6.94. The lowest BCUT2D eigenvalue weighted by Crippen LogP contribution is -2.40. The molecule has 1 amide bonds. The molecule has 2 aromatic carbocycles. The van der Waals surface area contributed by atoms with Gasteiger partial charge in [-0.25, -0.2) is 8.42 Å². The largest absolute Gasteiger partial charge is 0.348 e. The highest BCUT2D eigenvalue weighted by Gasteiger charge is 2.21. The van der Waals surface area contributed by atoms with Crippen molar-refractivity contribution in [2.45, 2.75) is 32.9 Å². The SMILES string of the molecule is CCc1ccc([C@H](C)NC(=O)CN(Cc2ccccc2)S(C)(=O)=O)cc1. The maximum absolute atomic E-state index is 12.4. The van der Waals surface area contributed by atoms with Gasteiger partial charge >= 0.3 is 0 Å². The molecule has 1 N–H and O–H groups in total. The predicted octanol–water partition coefficient (Wildman–Crippen LogP) is 2.89. The molecule has 6 heteroatoms. The highest BCUT2D eigenvalue weighted by atomic mass is 32.2. The van der Waals surface area contributed by atoms with Gasteiger partial charge in [0.25, 0.3) is 0 Å². The molecule has 0 unspecified atom stereocenters. The summed E-state index contributed by atoms with van der Waals surface area (Å²) < 4.78 is 25.3. The van der Waals surface area contributed by atoms with Gasteiger partial charge in [-0.3, -0.25) is 4.79 Å². The molecule has 0 saturated carbocycles. The first kappa shape index (κ1) is 20.1. The minimum atomic E-state index is -3.50. The molecule has 0 aliphatic rings. The summed E-state index contributed by atoms with van der Waals surface area (Å²) in [5.74, 6) is -0.321. The van der Waals surface area contributed by atoms with Gasteiger partial charge in [-0.15, -0.1) is 0 Å². The first-order chi connectivity index (χ1) is 12.3. The molecule has 0 aliphatic heterocycles. The van der Waals surface area contributed by atoms with Crippen LogP contribution in [0.3, 0.4) is 0 Å². The van der Waals surface area contributed by atoms with E-state index in [1.807, 2.05) is 61.5 Å². The molecular formula is C20H26N2O3S. The molecule has 0 aromatic heterocycles. The van der Waals surface area contributed by atoms with Crippen LogP contribution in [0.4, 0.5) is 0 Å². The van der Waals surface area contributed by atoms with Crippen molar-refractivity contribution in [1.82, 2.24) is 9.62 Å². The zero-order chi connectivity index (χ0) is 19.2. The summed E-state index contributed by atoms with van der Waals surface area (Å²) in [5, 5.41) is 2.88. The number of hydrogen-bond acceptors (Lipinski definition) is 3. The lowest BCUT2D eigenvalue weighted by atomic mass is 10.1. The number of aryl methyl sites for hydroxylation is 1. The lowest BCUT2D eigenvalue weighted by Gasteiger charge is -2.21. The van der Waals surface area contributed by atoms with Crippen molar-refractivity contribution in [2.24, 2.45) is 0 Å². The van der Waals surface area contributed by atoms with E-state index in [0.29, 0.717) is 0 Å². The van der Waals surface area contributed by atoms with Gasteiger partial charge in [0.2, 0.25) is 15.9 Å². The van der Waals surface area contributed by atoms with Crippen LogP contribution in [0.5, 0.6) is 0 Å². The molecule has 0 spiro atoms. The summed E-state index contributed by atoms with van der Waals surface area (Å²) in [6, 6.07) is 17.1. The molecule has 0 radical (unpaired) electrons. The molecule has 2 rings (SSSR count). The Hall–Kier alpha value is -2.18. The third kappa shape index (κ3) is 5.97. The molecule has 26 heavy (non-hydrogen) atoms. The lowest BCUT2D eigenvalue weighted by molar-refractivity contribution is -0.122. The van der Waals surface area contributed by atoms with Crippen molar-refractivity contribution in [3.8, 4) is 0 Å².